The van der Waals surface area contributed by atoms with E-state index in [0.29, 0.717) is 17.7 Å². The second-order valence-corrected chi connectivity index (χ2v) is 9.59. The minimum Gasteiger partial charge on any atom is -0.469 e. The minimum atomic E-state index is -5.09. The molecule has 0 bridgehead atoms. The lowest BCUT2D eigenvalue weighted by Gasteiger charge is -2.23. The van der Waals surface area contributed by atoms with Crippen LogP contribution in [0.5, 0.6) is 0 Å². The van der Waals surface area contributed by atoms with Gasteiger partial charge < -0.3 is 9.47 Å². The summed E-state index contributed by atoms with van der Waals surface area (Å²) in [5.74, 6) is -1.26. The molecule has 1 aromatic heterocycles. The molecule has 0 aliphatic carbocycles. The maximum absolute atomic E-state index is 14.9. The molecule has 6 nitrogen and oxygen atoms in total. The number of carbonyl (C=O) groups excluding carboxylic acids is 2. The topological polar surface area (TPSA) is 68.7 Å². The Kier molecular flexibility index (Phi) is 8.21. The summed E-state index contributed by atoms with van der Waals surface area (Å²) in [7, 11) is 1.20. The number of nitrogens with zero attached hydrogens (tertiary/aromatic N) is 2. The zero-order valence-corrected chi connectivity index (χ0v) is 22.0. The van der Waals surface area contributed by atoms with Crippen LogP contribution in [0.4, 0.5) is 35.5 Å². The van der Waals surface area contributed by atoms with E-state index in [1.54, 1.807) is 0 Å². The number of ether oxygens (including phenoxy) is 2. The van der Waals surface area contributed by atoms with Gasteiger partial charge in [-0.3, -0.25) is 9.69 Å². The van der Waals surface area contributed by atoms with Crippen molar-refractivity contribution < 1.29 is 49.8 Å². The zero-order valence-electron chi connectivity index (χ0n) is 21.2. The zero-order chi connectivity index (χ0) is 30.3. The molecule has 1 saturated heterocycles. The van der Waals surface area contributed by atoms with Crippen molar-refractivity contribution >= 4 is 23.7 Å². The first-order chi connectivity index (χ1) is 19.1. The third kappa shape index (κ3) is 6.55. The number of amides is 1. The second-order valence-electron chi connectivity index (χ2n) is 9.21. The van der Waals surface area contributed by atoms with Gasteiger partial charge in [-0.05, 0) is 60.5 Å². The molecule has 14 heteroatoms. The Labute approximate surface area is 233 Å². The highest BCUT2D eigenvalue weighted by Gasteiger charge is 2.43. The van der Waals surface area contributed by atoms with Crippen LogP contribution in [0.1, 0.15) is 41.0 Å². The van der Waals surface area contributed by atoms with Gasteiger partial charge in [-0.25, -0.2) is 14.2 Å². The number of benzene rings is 2. The summed E-state index contributed by atoms with van der Waals surface area (Å²) < 4.78 is 105. The van der Waals surface area contributed by atoms with Crippen LogP contribution in [0, 0.1) is 5.82 Å². The number of hydrogen-bond acceptors (Lipinski definition) is 5. The molecule has 0 spiro atoms. The average molecular weight is 605 g/mol. The first-order valence-electron chi connectivity index (χ1n) is 11.9. The van der Waals surface area contributed by atoms with Gasteiger partial charge in [0.25, 0.3) is 0 Å². The molecule has 3 aromatic rings. The van der Waals surface area contributed by atoms with Gasteiger partial charge >= 0.3 is 24.4 Å². The number of pyridine rings is 1. The fraction of sp³-hybridized carbons (Fsp3) is 0.296. The first kappa shape index (κ1) is 30.1. The predicted molar refractivity (Wildman–Crippen MR) is 131 cm³/mol. The number of rotatable bonds is 6. The molecule has 4 rings (SSSR count). The molecular formula is C27H20ClF7N2O4. The van der Waals surface area contributed by atoms with E-state index >= 15 is 0 Å². The largest absolute Gasteiger partial charge is 0.469 e. The number of methoxy groups -OCH3 is 1. The lowest BCUT2D eigenvalue weighted by molar-refractivity contribution is -0.143. The maximum Gasteiger partial charge on any atom is 0.416 e. The number of hydrogen-bond donors (Lipinski definition) is 0. The number of aromatic nitrogens is 1. The molecule has 1 amide bonds. The molecule has 2 atom stereocenters. The Morgan fingerprint density at radius 2 is 1.63 bits per heavy atom. The van der Waals surface area contributed by atoms with E-state index < -0.39 is 59.1 Å². The molecule has 0 N–H and O–H groups in total. The molecule has 0 radical (unpaired) electrons. The van der Waals surface area contributed by atoms with Crippen LogP contribution in [0.3, 0.4) is 0 Å². The van der Waals surface area contributed by atoms with Crippen molar-refractivity contribution in [2.75, 3.05) is 7.11 Å². The standard InChI is InChI=1S/C27H20ClF7N2O4/c1-13-24(15-9-16(26(30,31)32)11-17(10-15)27(33,34)35)41-25(39)37(13)12-21-18(4-6-22(28)36-21)19-7-14(3-5-20(19)29)8-23(38)40-2/h3-7,9-11,13,24H,8,12H2,1-2H3/t13-,24-/m0/s1. The van der Waals surface area contributed by atoms with Gasteiger partial charge in [0.1, 0.15) is 17.1 Å². The molecular weight excluding hydrogens is 585 g/mol. The van der Waals surface area contributed by atoms with Crippen LogP contribution < -0.4 is 0 Å². The molecule has 0 saturated carbocycles. The normalized spacial score (nSPS) is 17.5. The summed E-state index contributed by atoms with van der Waals surface area (Å²) >= 11 is 6.05. The molecule has 218 valence electrons. The molecule has 2 aromatic carbocycles. The smallest absolute Gasteiger partial charge is 0.416 e. The minimum absolute atomic E-state index is 0.00929. The van der Waals surface area contributed by atoms with Crippen molar-refractivity contribution in [2.45, 2.75) is 44.4 Å². The summed E-state index contributed by atoms with van der Waals surface area (Å²) in [6.07, 6.45) is -12.9. The monoisotopic (exact) mass is 604 g/mol. The van der Waals surface area contributed by atoms with Crippen LogP contribution in [-0.4, -0.2) is 35.1 Å². The Morgan fingerprint density at radius 3 is 2.22 bits per heavy atom. The first-order valence-corrected chi connectivity index (χ1v) is 12.2. The number of esters is 1. The summed E-state index contributed by atoms with van der Waals surface area (Å²) in [5, 5.41) is -0.0284. The number of halogens is 8. The van der Waals surface area contributed by atoms with Crippen molar-refractivity contribution in [3.8, 4) is 11.1 Å². The van der Waals surface area contributed by atoms with Crippen LogP contribution in [0.2, 0.25) is 5.15 Å². The van der Waals surface area contributed by atoms with E-state index in [1.807, 2.05) is 0 Å². The summed E-state index contributed by atoms with van der Waals surface area (Å²) in [6.45, 7) is 1.00. The third-order valence-electron chi connectivity index (χ3n) is 6.49. The Balaban J connectivity index is 1.70. The average Bonchev–Trinajstić information content (AvgIpc) is 3.17. The molecule has 2 heterocycles. The van der Waals surface area contributed by atoms with Crippen LogP contribution in [0.25, 0.3) is 11.1 Å². The lowest BCUT2D eigenvalue weighted by Crippen LogP contribution is -2.32. The maximum atomic E-state index is 14.9. The van der Waals surface area contributed by atoms with Crippen LogP contribution in [-0.2, 0) is 39.6 Å². The summed E-state index contributed by atoms with van der Waals surface area (Å²) in [6, 6.07) is 6.60. The van der Waals surface area contributed by atoms with Gasteiger partial charge in [-0.1, -0.05) is 17.7 Å². The van der Waals surface area contributed by atoms with Gasteiger partial charge in [-0.15, -0.1) is 0 Å². The van der Waals surface area contributed by atoms with E-state index in [1.165, 1.54) is 38.3 Å². The van der Waals surface area contributed by atoms with E-state index in [-0.39, 0.29) is 41.0 Å². The molecule has 41 heavy (non-hydrogen) atoms. The van der Waals surface area contributed by atoms with E-state index in [2.05, 4.69) is 9.72 Å². The Bertz CT molecular complexity index is 1460. The fourth-order valence-corrected chi connectivity index (χ4v) is 4.60. The second kappa shape index (κ2) is 11.2. The lowest BCUT2D eigenvalue weighted by atomic mass is 9.97. The quantitative estimate of drug-likeness (QED) is 0.167. The van der Waals surface area contributed by atoms with Crippen molar-refractivity contribution in [2.24, 2.45) is 0 Å². The molecule has 1 aliphatic heterocycles. The number of alkyl halides is 6. The summed E-state index contributed by atoms with van der Waals surface area (Å²) in [5.41, 5.74) is -2.94. The number of cyclic esters (lactones) is 1. The van der Waals surface area contributed by atoms with Crippen molar-refractivity contribution in [1.82, 2.24) is 9.88 Å². The molecule has 1 fully saturated rings. The molecule has 1 aliphatic rings. The highest BCUT2D eigenvalue weighted by Crippen LogP contribution is 2.41. The van der Waals surface area contributed by atoms with Gasteiger partial charge in [0.15, 0.2) is 0 Å². The van der Waals surface area contributed by atoms with Crippen molar-refractivity contribution in [3.63, 3.8) is 0 Å². The van der Waals surface area contributed by atoms with Crippen molar-refractivity contribution in [1.29, 1.82) is 0 Å². The highest BCUT2D eigenvalue weighted by molar-refractivity contribution is 6.29. The molecule has 0 unspecified atom stereocenters. The number of carbonyl (C=O) groups is 2. The Morgan fingerprint density at radius 1 is 1.00 bits per heavy atom. The SMILES string of the molecule is COC(=O)Cc1ccc(F)c(-c2ccc(Cl)nc2CN2C(=O)O[C@H](c3cc(C(F)(F)F)cc(C(F)(F)F)c3)[C@@H]2C)c1. The van der Waals surface area contributed by atoms with E-state index in [9.17, 15) is 40.3 Å². The predicted octanol–water partition coefficient (Wildman–Crippen LogP) is 7.38. The van der Waals surface area contributed by atoms with E-state index in [4.69, 9.17) is 16.3 Å². The van der Waals surface area contributed by atoms with Crippen LogP contribution >= 0.6 is 11.6 Å². The van der Waals surface area contributed by atoms with Gasteiger partial charge in [0.05, 0.1) is 42.9 Å². The van der Waals surface area contributed by atoms with Gasteiger partial charge in [-0.2, -0.15) is 26.3 Å². The van der Waals surface area contributed by atoms with Gasteiger partial charge in [0.2, 0.25) is 0 Å². The Hall–Kier alpha value is -3.87. The third-order valence-corrected chi connectivity index (χ3v) is 6.70. The van der Waals surface area contributed by atoms with Crippen molar-refractivity contribution in [3.05, 3.63) is 87.4 Å². The highest BCUT2D eigenvalue weighted by atomic mass is 35.5. The van der Waals surface area contributed by atoms with Crippen LogP contribution in [0.15, 0.2) is 48.5 Å². The van der Waals surface area contributed by atoms with Gasteiger partial charge in [0, 0.05) is 11.1 Å². The van der Waals surface area contributed by atoms with E-state index in [0.717, 1.165) is 11.0 Å². The summed E-state index contributed by atoms with van der Waals surface area (Å²) in [4.78, 5) is 29.7. The fourth-order valence-electron chi connectivity index (χ4n) is 4.43.